The van der Waals surface area contributed by atoms with Crippen molar-refractivity contribution in [1.29, 1.82) is 0 Å². The Kier molecular flexibility index (Phi) is 13.0. The molecule has 2 heterocycles. The van der Waals surface area contributed by atoms with Crippen LogP contribution < -0.4 is 15.4 Å². The van der Waals surface area contributed by atoms with Gasteiger partial charge in [0.2, 0.25) is 11.8 Å². The van der Waals surface area contributed by atoms with Crippen LogP contribution in [0.4, 0.5) is 0 Å². The maximum Gasteiger partial charge on any atom is 0.251 e. The lowest BCUT2D eigenvalue weighted by molar-refractivity contribution is -0.138. The summed E-state index contributed by atoms with van der Waals surface area (Å²) in [5, 5.41) is 7.82. The first-order valence-corrected chi connectivity index (χ1v) is 18.3. The minimum Gasteiger partial charge on any atom is -0.492 e. The van der Waals surface area contributed by atoms with Crippen molar-refractivity contribution in [2.24, 2.45) is 5.92 Å². The van der Waals surface area contributed by atoms with Crippen LogP contribution in [-0.4, -0.2) is 78.9 Å². The summed E-state index contributed by atoms with van der Waals surface area (Å²) in [5.74, 6) is 0.516. The molecule has 0 spiro atoms. The molecule has 0 aliphatic carbocycles. The summed E-state index contributed by atoms with van der Waals surface area (Å²) in [4.78, 5) is 43.8. The van der Waals surface area contributed by atoms with E-state index in [0.29, 0.717) is 66.9 Å². The Hall–Kier alpha value is -3.85. The number of ether oxygens (including phenoxy) is 1. The Morgan fingerprint density at radius 3 is 2.34 bits per heavy atom. The number of halogens is 2. The maximum absolute atomic E-state index is 14.4. The lowest BCUT2D eigenvalue weighted by Gasteiger charge is -2.45. The van der Waals surface area contributed by atoms with Crippen LogP contribution in [0.5, 0.6) is 5.75 Å². The van der Waals surface area contributed by atoms with Crippen molar-refractivity contribution in [3.8, 4) is 5.75 Å². The van der Waals surface area contributed by atoms with E-state index in [0.717, 1.165) is 29.5 Å². The number of fused-ring (bicyclic) bond motifs is 2. The molecule has 0 aromatic heterocycles. The Balaban J connectivity index is 1.36. The standard InChI is InChI=1S/C40H48Cl2N4O4/c1-26(2)22-35(43-27(3)47)39(48)46-24-31-23-32(29-17-15-28(16-18-29)10-9-21-50-37-14-8-7-13-34(37)42)38(36(25-46)44-31)40(49)45(4)20-19-30-11-5-6-12-33(30)41/h5-8,11-18,26,31,35-36,44H,9-10,19-25H2,1-4H3,(H,43,47)/t31-,35?,36-/m0/s1. The van der Waals surface area contributed by atoms with E-state index in [1.165, 1.54) is 12.5 Å². The van der Waals surface area contributed by atoms with Crippen LogP contribution in [0.2, 0.25) is 10.0 Å². The van der Waals surface area contributed by atoms with Gasteiger partial charge in [0.15, 0.2) is 0 Å². The van der Waals surface area contributed by atoms with E-state index in [2.05, 4.69) is 34.9 Å². The third-order valence-electron chi connectivity index (χ3n) is 9.36. The van der Waals surface area contributed by atoms with E-state index >= 15 is 0 Å². The summed E-state index contributed by atoms with van der Waals surface area (Å²) in [6.45, 7) is 7.41. The normalized spacial score (nSPS) is 17.8. The molecule has 3 atom stereocenters. The van der Waals surface area contributed by atoms with Gasteiger partial charge >= 0.3 is 0 Å². The maximum atomic E-state index is 14.4. The zero-order valence-electron chi connectivity index (χ0n) is 29.4. The summed E-state index contributed by atoms with van der Waals surface area (Å²) in [6, 6.07) is 22.6. The Bertz CT molecular complexity index is 1690. The van der Waals surface area contributed by atoms with Crippen LogP contribution in [0.25, 0.3) is 5.57 Å². The molecule has 2 bridgehead atoms. The van der Waals surface area contributed by atoms with Gasteiger partial charge in [0, 0.05) is 50.2 Å². The van der Waals surface area contributed by atoms with Gasteiger partial charge in [0.05, 0.1) is 17.7 Å². The molecule has 50 heavy (non-hydrogen) atoms. The van der Waals surface area contributed by atoms with Crippen LogP contribution in [0, 0.1) is 5.92 Å². The third kappa shape index (κ3) is 9.68. The molecule has 2 N–H and O–H groups in total. The number of hydrogen-bond donors (Lipinski definition) is 2. The highest BCUT2D eigenvalue weighted by Crippen LogP contribution is 2.35. The van der Waals surface area contributed by atoms with Crippen molar-refractivity contribution >= 4 is 46.5 Å². The first-order valence-electron chi connectivity index (χ1n) is 17.5. The van der Waals surface area contributed by atoms with Crippen molar-refractivity contribution < 1.29 is 19.1 Å². The largest absolute Gasteiger partial charge is 0.492 e. The number of amides is 3. The van der Waals surface area contributed by atoms with Crippen LogP contribution in [0.3, 0.4) is 0 Å². The number of carbonyl (C=O) groups excluding carboxylic acids is 3. The number of carbonyl (C=O) groups is 3. The first kappa shape index (κ1) is 37.4. The van der Waals surface area contributed by atoms with Crippen LogP contribution in [0.1, 0.15) is 56.7 Å². The number of nitrogens with one attached hydrogen (secondary N) is 2. The first-order chi connectivity index (χ1) is 24.0. The molecule has 1 fully saturated rings. The predicted molar refractivity (Wildman–Crippen MR) is 200 cm³/mol. The number of aryl methyl sites for hydroxylation is 1. The molecular weight excluding hydrogens is 671 g/mol. The molecule has 266 valence electrons. The molecule has 0 radical (unpaired) electrons. The molecule has 2 aliphatic rings. The number of piperazine rings is 1. The number of benzene rings is 3. The third-order valence-corrected chi connectivity index (χ3v) is 10.0. The summed E-state index contributed by atoms with van der Waals surface area (Å²) in [5.41, 5.74) is 4.87. The lowest BCUT2D eigenvalue weighted by atomic mass is 9.82. The average Bonchev–Trinajstić information content (AvgIpc) is 3.09. The SMILES string of the molecule is CC(=O)NC(CC(C)C)C(=O)N1C[C@@H]2CC(c3ccc(CCCOc4ccccc4Cl)cc3)=C(C(=O)N(C)CCc3ccccc3Cl)[C@H](C1)N2. The molecule has 3 aromatic rings. The van der Waals surface area contributed by atoms with Gasteiger partial charge in [0.25, 0.3) is 5.91 Å². The fourth-order valence-corrected chi connectivity index (χ4v) is 7.32. The topological polar surface area (TPSA) is 91.0 Å². The van der Waals surface area contributed by atoms with E-state index in [1.807, 2.05) is 74.3 Å². The van der Waals surface area contributed by atoms with Gasteiger partial charge in [-0.1, -0.05) is 91.6 Å². The number of rotatable bonds is 14. The number of hydrogen-bond acceptors (Lipinski definition) is 5. The Labute approximate surface area is 306 Å². The quantitative estimate of drug-likeness (QED) is 0.184. The van der Waals surface area contributed by atoms with Gasteiger partial charge < -0.3 is 25.2 Å². The van der Waals surface area contributed by atoms with Gasteiger partial charge in [-0.25, -0.2) is 0 Å². The van der Waals surface area contributed by atoms with Gasteiger partial charge in [-0.2, -0.15) is 0 Å². The molecule has 5 rings (SSSR count). The minimum absolute atomic E-state index is 0.0312. The van der Waals surface area contributed by atoms with Crippen molar-refractivity contribution in [2.75, 3.05) is 33.3 Å². The zero-order chi connectivity index (χ0) is 35.8. The summed E-state index contributed by atoms with van der Waals surface area (Å²) < 4.78 is 5.87. The molecule has 1 unspecified atom stereocenters. The number of para-hydroxylation sites is 1. The zero-order valence-corrected chi connectivity index (χ0v) is 30.9. The van der Waals surface area contributed by atoms with Gasteiger partial charge in [0.1, 0.15) is 11.8 Å². The second-order valence-corrected chi connectivity index (χ2v) is 14.6. The monoisotopic (exact) mass is 718 g/mol. The van der Waals surface area contributed by atoms with E-state index in [1.54, 1.807) is 4.90 Å². The van der Waals surface area contributed by atoms with Crippen LogP contribution >= 0.6 is 23.2 Å². The van der Waals surface area contributed by atoms with E-state index in [4.69, 9.17) is 27.9 Å². The molecule has 0 saturated carbocycles. The lowest BCUT2D eigenvalue weighted by Crippen LogP contribution is -2.64. The van der Waals surface area contributed by atoms with E-state index < -0.39 is 6.04 Å². The van der Waals surface area contributed by atoms with Crippen molar-refractivity contribution in [1.82, 2.24) is 20.4 Å². The smallest absolute Gasteiger partial charge is 0.251 e. The highest BCUT2D eigenvalue weighted by atomic mass is 35.5. The highest BCUT2D eigenvalue weighted by Gasteiger charge is 2.41. The van der Waals surface area contributed by atoms with Crippen molar-refractivity contribution in [2.45, 2.75) is 71.0 Å². The molecule has 10 heteroatoms. The fourth-order valence-electron chi connectivity index (χ4n) is 6.89. The summed E-state index contributed by atoms with van der Waals surface area (Å²) in [7, 11) is 1.82. The molecular formula is C40H48Cl2N4O4. The molecule has 1 saturated heterocycles. The highest BCUT2D eigenvalue weighted by molar-refractivity contribution is 6.32. The second kappa shape index (κ2) is 17.4. The van der Waals surface area contributed by atoms with Gasteiger partial charge in [-0.15, -0.1) is 0 Å². The number of likely N-dealkylation sites (N-methyl/N-ethyl adjacent to an activating group) is 1. The number of nitrogens with zero attached hydrogens (tertiary/aromatic N) is 2. The van der Waals surface area contributed by atoms with Gasteiger partial charge in [-0.3, -0.25) is 14.4 Å². The van der Waals surface area contributed by atoms with Crippen LogP contribution in [-0.2, 0) is 27.2 Å². The Morgan fingerprint density at radius 2 is 1.66 bits per heavy atom. The van der Waals surface area contributed by atoms with Gasteiger partial charge in [-0.05, 0) is 78.5 Å². The summed E-state index contributed by atoms with van der Waals surface area (Å²) >= 11 is 12.7. The van der Waals surface area contributed by atoms with Crippen LogP contribution in [0.15, 0.2) is 78.4 Å². The van der Waals surface area contributed by atoms with E-state index in [-0.39, 0.29) is 35.7 Å². The molecule has 3 amide bonds. The molecule has 8 nitrogen and oxygen atoms in total. The summed E-state index contributed by atoms with van der Waals surface area (Å²) in [6.07, 6.45) is 3.45. The predicted octanol–water partition coefficient (Wildman–Crippen LogP) is 6.58. The average molecular weight is 720 g/mol. The van der Waals surface area contributed by atoms with Crippen molar-refractivity contribution in [3.05, 3.63) is 105 Å². The molecule has 2 aliphatic heterocycles. The minimum atomic E-state index is -0.602. The second-order valence-electron chi connectivity index (χ2n) is 13.8. The van der Waals surface area contributed by atoms with Crippen molar-refractivity contribution in [3.63, 3.8) is 0 Å². The fraction of sp³-hybridized carbons (Fsp3) is 0.425. The Morgan fingerprint density at radius 1 is 0.960 bits per heavy atom. The van der Waals surface area contributed by atoms with E-state index in [9.17, 15) is 14.4 Å². The molecule has 3 aromatic carbocycles.